The largest absolute Gasteiger partial charge is 0.325 e. The van der Waals surface area contributed by atoms with Crippen LogP contribution in [0.15, 0.2) is 64.7 Å². The summed E-state index contributed by atoms with van der Waals surface area (Å²) in [5.74, 6) is -0.0411. The van der Waals surface area contributed by atoms with Crippen molar-refractivity contribution in [3.63, 3.8) is 0 Å². The van der Waals surface area contributed by atoms with Crippen LogP contribution in [0.3, 0.4) is 0 Å². The highest BCUT2D eigenvalue weighted by atomic mass is 32.2. The van der Waals surface area contributed by atoms with Gasteiger partial charge in [0.15, 0.2) is 10.8 Å². The number of aromatic nitrogens is 4. The molecule has 4 aromatic rings. The Hall–Kier alpha value is -3.39. The number of anilines is 1. The number of hydrogen-bond donors (Lipinski definition) is 2. The van der Waals surface area contributed by atoms with Gasteiger partial charge in [-0.3, -0.25) is 9.59 Å². The van der Waals surface area contributed by atoms with Crippen LogP contribution in [0.2, 0.25) is 0 Å². The van der Waals surface area contributed by atoms with Gasteiger partial charge in [0.25, 0.3) is 5.56 Å². The van der Waals surface area contributed by atoms with E-state index in [9.17, 15) is 9.59 Å². The van der Waals surface area contributed by atoms with Gasteiger partial charge < -0.3 is 10.3 Å². The Morgan fingerprint density at radius 2 is 1.90 bits per heavy atom. The quantitative estimate of drug-likeness (QED) is 0.392. The number of aryl methyl sites for hydroxylation is 2. The van der Waals surface area contributed by atoms with Crippen LogP contribution in [-0.4, -0.2) is 31.4 Å². The standard InChI is InChI=1S/C21H19N5O2S/c1-13-7-9-15(10-8-13)26-19-16(11-22-26)20(28)25-21(24-19)29-12-18(27)23-17-6-4-3-5-14(17)2/h3-11H,12H2,1-2H3,(H,23,27)(H,24,25,28). The van der Waals surface area contributed by atoms with E-state index in [2.05, 4.69) is 20.4 Å². The highest BCUT2D eigenvalue weighted by Gasteiger charge is 2.13. The van der Waals surface area contributed by atoms with Gasteiger partial charge in [-0.05, 0) is 37.6 Å². The normalized spacial score (nSPS) is 11.0. The Kier molecular flexibility index (Phi) is 5.18. The summed E-state index contributed by atoms with van der Waals surface area (Å²) in [5.41, 5.74) is 3.88. The molecule has 4 rings (SSSR count). The number of carbonyl (C=O) groups excluding carboxylic acids is 1. The minimum Gasteiger partial charge on any atom is -0.325 e. The number of aromatic amines is 1. The molecule has 29 heavy (non-hydrogen) atoms. The molecule has 0 fully saturated rings. The number of rotatable bonds is 5. The van der Waals surface area contributed by atoms with E-state index in [4.69, 9.17) is 0 Å². The van der Waals surface area contributed by atoms with Gasteiger partial charge in [0.05, 0.1) is 17.6 Å². The zero-order valence-corrected chi connectivity index (χ0v) is 16.8. The molecule has 0 aliphatic rings. The van der Waals surface area contributed by atoms with E-state index in [1.165, 1.54) is 18.0 Å². The Labute approximate surface area is 171 Å². The SMILES string of the molecule is Cc1ccc(-n2ncc3c(=O)[nH]c(SCC(=O)Nc4ccccc4C)nc32)cc1. The minimum absolute atomic E-state index is 0.126. The fourth-order valence-electron chi connectivity index (χ4n) is 2.87. The van der Waals surface area contributed by atoms with Crippen LogP contribution < -0.4 is 10.9 Å². The maximum atomic E-state index is 12.4. The van der Waals surface area contributed by atoms with Crippen molar-refractivity contribution in [2.45, 2.75) is 19.0 Å². The highest BCUT2D eigenvalue weighted by molar-refractivity contribution is 7.99. The summed E-state index contributed by atoms with van der Waals surface area (Å²) in [5, 5.41) is 7.95. The van der Waals surface area contributed by atoms with Crippen molar-refractivity contribution in [1.82, 2.24) is 19.7 Å². The summed E-state index contributed by atoms with van der Waals surface area (Å²) in [4.78, 5) is 31.9. The lowest BCUT2D eigenvalue weighted by Gasteiger charge is -2.08. The third kappa shape index (κ3) is 4.07. The van der Waals surface area contributed by atoms with E-state index in [0.717, 1.165) is 22.5 Å². The summed E-state index contributed by atoms with van der Waals surface area (Å²) in [6, 6.07) is 15.4. The zero-order valence-electron chi connectivity index (χ0n) is 16.0. The van der Waals surface area contributed by atoms with E-state index >= 15 is 0 Å². The molecule has 2 N–H and O–H groups in total. The number of amides is 1. The lowest BCUT2D eigenvalue weighted by molar-refractivity contribution is -0.113. The molecule has 0 aliphatic heterocycles. The predicted molar refractivity (Wildman–Crippen MR) is 115 cm³/mol. The van der Waals surface area contributed by atoms with Gasteiger partial charge >= 0.3 is 0 Å². The average Bonchev–Trinajstić information content (AvgIpc) is 3.13. The van der Waals surface area contributed by atoms with Crippen LogP contribution in [-0.2, 0) is 4.79 Å². The molecule has 1 amide bonds. The van der Waals surface area contributed by atoms with Crippen LogP contribution in [0, 0.1) is 13.8 Å². The number of para-hydroxylation sites is 1. The fraction of sp³-hybridized carbons (Fsp3) is 0.143. The first-order valence-electron chi connectivity index (χ1n) is 9.04. The van der Waals surface area contributed by atoms with Gasteiger partial charge in [-0.2, -0.15) is 5.10 Å². The first-order valence-corrected chi connectivity index (χ1v) is 10.0. The number of nitrogens with one attached hydrogen (secondary N) is 2. The van der Waals surface area contributed by atoms with Crippen LogP contribution >= 0.6 is 11.8 Å². The molecule has 0 aliphatic carbocycles. The first kappa shape index (κ1) is 18.9. The molecule has 2 heterocycles. The lowest BCUT2D eigenvalue weighted by Crippen LogP contribution is -2.16. The van der Waals surface area contributed by atoms with Crippen molar-refractivity contribution >= 4 is 34.4 Å². The third-order valence-electron chi connectivity index (χ3n) is 4.45. The van der Waals surface area contributed by atoms with Crippen LogP contribution in [0.5, 0.6) is 0 Å². The molecule has 2 aromatic heterocycles. The van der Waals surface area contributed by atoms with Gasteiger partial charge in [0.1, 0.15) is 5.39 Å². The van der Waals surface area contributed by atoms with E-state index < -0.39 is 0 Å². The number of benzene rings is 2. The Bertz CT molecular complexity index is 1240. The van der Waals surface area contributed by atoms with Crippen molar-refractivity contribution in [2.24, 2.45) is 0 Å². The van der Waals surface area contributed by atoms with E-state index in [0.29, 0.717) is 16.2 Å². The van der Waals surface area contributed by atoms with E-state index in [1.807, 2.05) is 62.4 Å². The van der Waals surface area contributed by atoms with Crippen LogP contribution in [0.4, 0.5) is 5.69 Å². The second kappa shape index (κ2) is 7.92. The van der Waals surface area contributed by atoms with Crippen molar-refractivity contribution in [1.29, 1.82) is 0 Å². The highest BCUT2D eigenvalue weighted by Crippen LogP contribution is 2.19. The third-order valence-corrected chi connectivity index (χ3v) is 5.33. The molecule has 2 aromatic carbocycles. The molecular weight excluding hydrogens is 386 g/mol. The first-order chi connectivity index (χ1) is 14.0. The van der Waals surface area contributed by atoms with Crippen molar-refractivity contribution in [3.05, 3.63) is 76.2 Å². The van der Waals surface area contributed by atoms with Gasteiger partial charge in [0.2, 0.25) is 5.91 Å². The maximum Gasteiger partial charge on any atom is 0.262 e. The summed E-state index contributed by atoms with van der Waals surface area (Å²) >= 11 is 1.17. The molecule has 0 saturated heterocycles. The molecule has 0 saturated carbocycles. The van der Waals surface area contributed by atoms with E-state index in [-0.39, 0.29) is 17.2 Å². The number of nitrogens with zero attached hydrogens (tertiary/aromatic N) is 3. The Morgan fingerprint density at radius 1 is 1.14 bits per heavy atom. The number of thioether (sulfide) groups is 1. The van der Waals surface area contributed by atoms with Crippen molar-refractivity contribution < 1.29 is 4.79 Å². The van der Waals surface area contributed by atoms with Gasteiger partial charge in [-0.15, -0.1) is 0 Å². The van der Waals surface area contributed by atoms with Crippen molar-refractivity contribution in [2.75, 3.05) is 11.1 Å². The topological polar surface area (TPSA) is 92.7 Å². The number of hydrogen-bond acceptors (Lipinski definition) is 5. The molecule has 0 spiro atoms. The molecule has 7 nitrogen and oxygen atoms in total. The fourth-order valence-corrected chi connectivity index (χ4v) is 3.53. The second-order valence-corrected chi connectivity index (χ2v) is 7.62. The van der Waals surface area contributed by atoms with Crippen molar-refractivity contribution in [3.8, 4) is 5.69 Å². The Morgan fingerprint density at radius 3 is 2.66 bits per heavy atom. The van der Waals surface area contributed by atoms with Gasteiger partial charge in [-0.1, -0.05) is 47.7 Å². The lowest BCUT2D eigenvalue weighted by atomic mass is 10.2. The van der Waals surface area contributed by atoms with Gasteiger partial charge in [-0.25, -0.2) is 9.67 Å². The van der Waals surface area contributed by atoms with Crippen LogP contribution in [0.1, 0.15) is 11.1 Å². The van der Waals surface area contributed by atoms with E-state index in [1.54, 1.807) is 4.68 Å². The maximum absolute atomic E-state index is 12.4. The molecular formula is C21H19N5O2S. The zero-order chi connectivity index (χ0) is 20.4. The number of H-pyrrole nitrogens is 1. The summed E-state index contributed by atoms with van der Waals surface area (Å²) in [7, 11) is 0. The van der Waals surface area contributed by atoms with Crippen LogP contribution in [0.25, 0.3) is 16.7 Å². The second-order valence-electron chi connectivity index (χ2n) is 6.65. The molecule has 8 heteroatoms. The summed E-state index contributed by atoms with van der Waals surface area (Å²) < 4.78 is 1.63. The smallest absolute Gasteiger partial charge is 0.262 e. The molecule has 0 bridgehead atoms. The summed E-state index contributed by atoms with van der Waals surface area (Å²) in [6.07, 6.45) is 1.50. The molecule has 0 atom stereocenters. The van der Waals surface area contributed by atoms with Gasteiger partial charge in [0, 0.05) is 5.69 Å². The molecule has 146 valence electrons. The Balaban J connectivity index is 1.56. The molecule has 0 radical (unpaired) electrons. The number of fused-ring (bicyclic) bond motifs is 1. The monoisotopic (exact) mass is 405 g/mol. The average molecular weight is 405 g/mol. The number of carbonyl (C=O) groups is 1. The predicted octanol–water partition coefficient (Wildman–Crippen LogP) is 3.46. The minimum atomic E-state index is -0.282. The molecule has 0 unspecified atom stereocenters. The summed E-state index contributed by atoms with van der Waals surface area (Å²) in [6.45, 7) is 3.94.